The van der Waals surface area contributed by atoms with Crippen molar-refractivity contribution < 1.29 is 4.79 Å². The van der Waals surface area contributed by atoms with Crippen LogP contribution in [0.3, 0.4) is 0 Å². The minimum absolute atomic E-state index is 0.192. The smallest absolute Gasteiger partial charge is 0.219 e. The van der Waals surface area contributed by atoms with Gasteiger partial charge in [-0.05, 0) is 43.4 Å². The van der Waals surface area contributed by atoms with Crippen molar-refractivity contribution in [2.75, 3.05) is 24.7 Å². The molecule has 98 valence electrons. The highest BCUT2D eigenvalue weighted by molar-refractivity contribution is 7.98. The Morgan fingerprint density at radius 2 is 1.89 bits per heavy atom. The van der Waals surface area contributed by atoms with Crippen LogP contribution in [-0.4, -0.2) is 36.2 Å². The second-order valence-electron chi connectivity index (χ2n) is 4.65. The van der Waals surface area contributed by atoms with Gasteiger partial charge < -0.3 is 10.2 Å². The average molecular weight is 264 g/mol. The summed E-state index contributed by atoms with van der Waals surface area (Å²) in [6.45, 7) is 3.39. The summed E-state index contributed by atoms with van der Waals surface area (Å²) in [5.41, 5.74) is 1.18. The van der Waals surface area contributed by atoms with Crippen LogP contribution in [0.5, 0.6) is 0 Å². The Hall–Kier alpha value is -1.16. The molecule has 1 aromatic rings. The number of likely N-dealkylation sites (tertiary alicyclic amines) is 1. The maximum absolute atomic E-state index is 11.2. The zero-order chi connectivity index (χ0) is 13.0. The van der Waals surface area contributed by atoms with Gasteiger partial charge in [0.1, 0.15) is 0 Å². The van der Waals surface area contributed by atoms with Crippen molar-refractivity contribution in [2.45, 2.75) is 30.7 Å². The van der Waals surface area contributed by atoms with Gasteiger partial charge in [0.05, 0.1) is 0 Å². The van der Waals surface area contributed by atoms with E-state index in [1.54, 1.807) is 18.7 Å². The highest BCUT2D eigenvalue weighted by atomic mass is 32.2. The van der Waals surface area contributed by atoms with Crippen LogP contribution in [0.1, 0.15) is 19.8 Å². The first kappa shape index (κ1) is 13.3. The maximum atomic E-state index is 11.2. The van der Waals surface area contributed by atoms with Crippen molar-refractivity contribution in [3.05, 3.63) is 24.3 Å². The van der Waals surface area contributed by atoms with Crippen LogP contribution in [0.15, 0.2) is 29.2 Å². The molecule has 0 radical (unpaired) electrons. The van der Waals surface area contributed by atoms with Crippen LogP contribution >= 0.6 is 11.8 Å². The molecule has 0 atom stereocenters. The van der Waals surface area contributed by atoms with Gasteiger partial charge in [0.2, 0.25) is 5.91 Å². The first-order chi connectivity index (χ1) is 8.69. The number of carbonyl (C=O) groups is 1. The lowest BCUT2D eigenvalue weighted by atomic mass is 10.0. The molecule has 1 heterocycles. The van der Waals surface area contributed by atoms with Gasteiger partial charge in [-0.1, -0.05) is 0 Å². The van der Waals surface area contributed by atoms with Gasteiger partial charge in [-0.2, -0.15) is 0 Å². The van der Waals surface area contributed by atoms with E-state index >= 15 is 0 Å². The molecule has 2 rings (SSSR count). The lowest BCUT2D eigenvalue weighted by Crippen LogP contribution is -2.41. The number of nitrogens with one attached hydrogen (secondary N) is 1. The molecule has 1 saturated heterocycles. The van der Waals surface area contributed by atoms with E-state index < -0.39 is 0 Å². The van der Waals surface area contributed by atoms with E-state index in [2.05, 4.69) is 35.8 Å². The second kappa shape index (κ2) is 6.14. The Morgan fingerprint density at radius 3 is 2.39 bits per heavy atom. The summed E-state index contributed by atoms with van der Waals surface area (Å²) < 4.78 is 0. The summed E-state index contributed by atoms with van der Waals surface area (Å²) in [5.74, 6) is 0.192. The molecule has 0 aliphatic carbocycles. The summed E-state index contributed by atoms with van der Waals surface area (Å²) in [6.07, 6.45) is 4.15. The lowest BCUT2D eigenvalue weighted by molar-refractivity contribution is -0.129. The van der Waals surface area contributed by atoms with E-state index in [0.717, 1.165) is 25.9 Å². The van der Waals surface area contributed by atoms with Crippen LogP contribution in [0.4, 0.5) is 5.69 Å². The van der Waals surface area contributed by atoms with Crippen molar-refractivity contribution in [3.8, 4) is 0 Å². The highest BCUT2D eigenvalue weighted by Crippen LogP contribution is 2.20. The molecule has 1 aliphatic heterocycles. The zero-order valence-corrected chi connectivity index (χ0v) is 11.8. The van der Waals surface area contributed by atoms with E-state index in [0.29, 0.717) is 6.04 Å². The maximum Gasteiger partial charge on any atom is 0.219 e. The van der Waals surface area contributed by atoms with Crippen LogP contribution in [0.2, 0.25) is 0 Å². The number of carbonyl (C=O) groups excluding carboxylic acids is 1. The van der Waals surface area contributed by atoms with Gasteiger partial charge in [-0.15, -0.1) is 11.8 Å². The third-order valence-corrected chi connectivity index (χ3v) is 4.14. The van der Waals surface area contributed by atoms with Crippen molar-refractivity contribution in [3.63, 3.8) is 0 Å². The predicted octanol–water partition coefficient (Wildman–Crippen LogP) is 2.83. The Kier molecular flexibility index (Phi) is 4.53. The SMILES string of the molecule is CSc1ccc(NC2CCN(C(C)=O)CC2)cc1. The molecule has 1 amide bonds. The minimum atomic E-state index is 0.192. The molecule has 0 unspecified atom stereocenters. The van der Waals surface area contributed by atoms with Crippen molar-refractivity contribution in [1.29, 1.82) is 0 Å². The number of rotatable bonds is 3. The van der Waals surface area contributed by atoms with Crippen LogP contribution in [-0.2, 0) is 4.79 Å². The number of anilines is 1. The molecule has 4 heteroatoms. The van der Waals surface area contributed by atoms with Gasteiger partial charge in [-0.3, -0.25) is 4.79 Å². The Balaban J connectivity index is 1.85. The van der Waals surface area contributed by atoms with Gasteiger partial charge in [0.15, 0.2) is 0 Å². The number of benzene rings is 1. The van der Waals surface area contributed by atoms with Gasteiger partial charge in [0.25, 0.3) is 0 Å². The summed E-state index contributed by atoms with van der Waals surface area (Å²) in [7, 11) is 0. The fourth-order valence-electron chi connectivity index (χ4n) is 2.26. The molecule has 1 aliphatic rings. The van der Waals surface area contributed by atoms with E-state index in [4.69, 9.17) is 0 Å². The monoisotopic (exact) mass is 264 g/mol. The fraction of sp³-hybridized carbons (Fsp3) is 0.500. The largest absolute Gasteiger partial charge is 0.382 e. The molecule has 0 bridgehead atoms. The molecular formula is C14H20N2OS. The molecule has 0 spiro atoms. The Labute approximate surface area is 113 Å². The first-order valence-corrected chi connectivity index (χ1v) is 7.57. The van der Waals surface area contributed by atoms with E-state index in [-0.39, 0.29) is 5.91 Å². The quantitative estimate of drug-likeness (QED) is 0.852. The highest BCUT2D eigenvalue weighted by Gasteiger charge is 2.20. The molecule has 0 saturated carbocycles. The average Bonchev–Trinajstić information content (AvgIpc) is 2.40. The van der Waals surface area contributed by atoms with Gasteiger partial charge in [0, 0.05) is 36.6 Å². The fourth-order valence-corrected chi connectivity index (χ4v) is 2.67. The van der Waals surface area contributed by atoms with Crippen LogP contribution < -0.4 is 5.32 Å². The number of hydrogen-bond donors (Lipinski definition) is 1. The number of hydrogen-bond acceptors (Lipinski definition) is 3. The Bertz CT molecular complexity index is 397. The molecule has 1 aromatic carbocycles. The standard InChI is InChI=1S/C14H20N2OS/c1-11(17)16-9-7-13(8-10-16)15-12-3-5-14(18-2)6-4-12/h3-6,13,15H,7-10H2,1-2H3. The molecule has 18 heavy (non-hydrogen) atoms. The molecule has 0 aromatic heterocycles. The van der Waals surface area contributed by atoms with E-state index in [1.165, 1.54) is 10.6 Å². The molecule has 1 N–H and O–H groups in total. The molecule has 3 nitrogen and oxygen atoms in total. The molecule has 1 fully saturated rings. The second-order valence-corrected chi connectivity index (χ2v) is 5.53. The summed E-state index contributed by atoms with van der Waals surface area (Å²) >= 11 is 1.76. The number of piperidine rings is 1. The normalized spacial score (nSPS) is 16.7. The van der Waals surface area contributed by atoms with Crippen molar-refractivity contribution >= 4 is 23.4 Å². The third kappa shape index (κ3) is 3.42. The predicted molar refractivity (Wildman–Crippen MR) is 77.1 cm³/mol. The van der Waals surface area contributed by atoms with Gasteiger partial charge >= 0.3 is 0 Å². The van der Waals surface area contributed by atoms with Crippen molar-refractivity contribution in [2.24, 2.45) is 0 Å². The van der Waals surface area contributed by atoms with Crippen LogP contribution in [0.25, 0.3) is 0 Å². The van der Waals surface area contributed by atoms with E-state index in [1.807, 2.05) is 4.90 Å². The summed E-state index contributed by atoms with van der Waals surface area (Å²) in [4.78, 5) is 14.4. The van der Waals surface area contributed by atoms with Crippen molar-refractivity contribution in [1.82, 2.24) is 4.90 Å². The number of nitrogens with zero attached hydrogens (tertiary/aromatic N) is 1. The summed E-state index contributed by atoms with van der Waals surface area (Å²) in [6, 6.07) is 9.02. The molecular weight excluding hydrogens is 244 g/mol. The zero-order valence-electron chi connectivity index (χ0n) is 11.0. The van der Waals surface area contributed by atoms with E-state index in [9.17, 15) is 4.79 Å². The minimum Gasteiger partial charge on any atom is -0.382 e. The lowest BCUT2D eigenvalue weighted by Gasteiger charge is -2.32. The third-order valence-electron chi connectivity index (χ3n) is 3.40. The Morgan fingerprint density at radius 1 is 1.28 bits per heavy atom. The topological polar surface area (TPSA) is 32.3 Å². The summed E-state index contributed by atoms with van der Waals surface area (Å²) in [5, 5.41) is 3.54. The first-order valence-electron chi connectivity index (χ1n) is 6.35. The number of thioether (sulfide) groups is 1. The van der Waals surface area contributed by atoms with Crippen LogP contribution in [0, 0.1) is 0 Å². The van der Waals surface area contributed by atoms with Gasteiger partial charge in [-0.25, -0.2) is 0 Å². The number of amides is 1.